The number of fused-ring (bicyclic) bond motifs is 5. The summed E-state index contributed by atoms with van der Waals surface area (Å²) in [7, 11) is 0. The van der Waals surface area contributed by atoms with Crippen LogP contribution in [0.1, 0.15) is 98.3 Å². The minimum absolute atomic E-state index is 0.0691. The van der Waals surface area contributed by atoms with Crippen LogP contribution in [-0.2, 0) is 4.79 Å². The Bertz CT molecular complexity index is 619. The second kappa shape index (κ2) is 8.50. The van der Waals surface area contributed by atoms with Gasteiger partial charge < -0.3 is 10.2 Å². The highest BCUT2D eigenvalue weighted by molar-refractivity contribution is 5.53. The minimum Gasteiger partial charge on any atom is -0.393 e. The van der Waals surface area contributed by atoms with E-state index in [0.717, 1.165) is 44.4 Å². The molecule has 171 valence electrons. The van der Waals surface area contributed by atoms with Crippen molar-refractivity contribution in [2.75, 3.05) is 0 Å². The Balaban J connectivity index is 1.48. The van der Waals surface area contributed by atoms with E-state index >= 15 is 0 Å². The van der Waals surface area contributed by atoms with Gasteiger partial charge in [0.25, 0.3) is 0 Å². The third-order valence-corrected chi connectivity index (χ3v) is 10.9. The molecule has 4 aliphatic carbocycles. The molecule has 0 spiro atoms. The largest absolute Gasteiger partial charge is 0.393 e. The summed E-state index contributed by atoms with van der Waals surface area (Å²) in [5.41, 5.74) is 0.678. The van der Waals surface area contributed by atoms with Gasteiger partial charge in [0, 0.05) is 5.92 Å². The number of carbonyl (C=O) groups excluding carboxylic acids is 1. The van der Waals surface area contributed by atoms with Crippen molar-refractivity contribution in [1.82, 2.24) is 0 Å². The normalized spacial score (nSPS) is 50.1. The van der Waals surface area contributed by atoms with E-state index < -0.39 is 0 Å². The van der Waals surface area contributed by atoms with Crippen LogP contribution < -0.4 is 0 Å². The first-order valence-electron chi connectivity index (χ1n) is 12.9. The van der Waals surface area contributed by atoms with Crippen molar-refractivity contribution >= 4 is 6.29 Å². The molecular weight excluding hydrogens is 372 g/mol. The molecule has 2 N–H and O–H groups in total. The fourth-order valence-corrected chi connectivity index (χ4v) is 9.18. The second-order valence-corrected chi connectivity index (χ2v) is 12.4. The van der Waals surface area contributed by atoms with Gasteiger partial charge in [0.1, 0.15) is 0 Å². The number of aliphatic hydroxyl groups is 2. The Morgan fingerprint density at radius 2 is 1.63 bits per heavy atom. The summed E-state index contributed by atoms with van der Waals surface area (Å²) in [4.78, 5) is 10.8. The summed E-state index contributed by atoms with van der Waals surface area (Å²) in [5, 5.41) is 21.6. The van der Waals surface area contributed by atoms with Crippen LogP contribution in [-0.4, -0.2) is 28.7 Å². The van der Waals surface area contributed by atoms with Crippen molar-refractivity contribution in [3.63, 3.8) is 0 Å². The molecule has 0 aliphatic heterocycles. The van der Waals surface area contributed by atoms with Gasteiger partial charge >= 0.3 is 0 Å². The third-order valence-electron chi connectivity index (χ3n) is 10.9. The fourth-order valence-electron chi connectivity index (χ4n) is 9.18. The molecule has 11 atom stereocenters. The monoisotopic (exact) mass is 417 g/mol. The van der Waals surface area contributed by atoms with Gasteiger partial charge in [0.2, 0.25) is 6.29 Å². The molecule has 0 amide bonds. The van der Waals surface area contributed by atoms with E-state index in [1.54, 1.807) is 0 Å². The van der Waals surface area contributed by atoms with E-state index in [-0.39, 0.29) is 18.1 Å². The first-order valence-corrected chi connectivity index (χ1v) is 12.9. The van der Waals surface area contributed by atoms with Crippen LogP contribution in [0.3, 0.4) is 0 Å². The Morgan fingerprint density at radius 3 is 2.37 bits per heavy atom. The smallest absolute Gasteiger partial charge is 0.201 e. The summed E-state index contributed by atoms with van der Waals surface area (Å²) in [6.07, 6.45) is 14.2. The van der Waals surface area contributed by atoms with Crippen LogP contribution in [0.4, 0.5) is 0 Å². The van der Waals surface area contributed by atoms with Gasteiger partial charge in [-0.25, -0.2) is 0 Å². The molecule has 4 rings (SSSR count). The lowest BCUT2D eigenvalue weighted by Gasteiger charge is -2.62. The van der Waals surface area contributed by atoms with Crippen LogP contribution in [0.2, 0.25) is 0 Å². The summed E-state index contributed by atoms with van der Waals surface area (Å²) < 4.78 is 0. The lowest BCUT2D eigenvalue weighted by Crippen LogP contribution is -2.58. The average molecular weight is 418 g/mol. The predicted octanol–water partition coefficient (Wildman–Crippen LogP) is 5.53. The van der Waals surface area contributed by atoms with Crippen molar-refractivity contribution < 1.29 is 15.0 Å². The maximum atomic E-state index is 11.3. The molecule has 0 bridgehead atoms. The van der Waals surface area contributed by atoms with Gasteiger partial charge in [-0.05, 0) is 104 Å². The number of hydrogen-bond donors (Lipinski definition) is 2. The van der Waals surface area contributed by atoms with Gasteiger partial charge in [-0.2, -0.15) is 0 Å². The molecule has 0 aromatic heterocycles. The maximum Gasteiger partial charge on any atom is 0.201 e. The topological polar surface area (TPSA) is 57.5 Å². The van der Waals surface area contributed by atoms with E-state index in [9.17, 15) is 15.0 Å². The number of aliphatic hydroxyl groups excluding tert-OH is 2. The molecule has 0 aromatic carbocycles. The molecular formula is C27H45O3. The summed E-state index contributed by atoms with van der Waals surface area (Å²) in [6, 6.07) is 0. The van der Waals surface area contributed by atoms with Crippen LogP contribution >= 0.6 is 0 Å². The molecule has 4 fully saturated rings. The van der Waals surface area contributed by atoms with E-state index in [2.05, 4.69) is 27.1 Å². The molecule has 4 aliphatic rings. The predicted molar refractivity (Wildman–Crippen MR) is 120 cm³/mol. The van der Waals surface area contributed by atoms with E-state index in [1.807, 2.05) is 6.92 Å². The Hall–Kier alpha value is -0.410. The lowest BCUT2D eigenvalue weighted by atomic mass is 9.43. The van der Waals surface area contributed by atoms with E-state index in [0.29, 0.717) is 40.4 Å². The van der Waals surface area contributed by atoms with Crippen molar-refractivity contribution in [3.8, 4) is 0 Å². The van der Waals surface area contributed by atoms with Crippen LogP contribution in [0.5, 0.6) is 0 Å². The van der Waals surface area contributed by atoms with Crippen molar-refractivity contribution in [2.45, 2.75) is 111 Å². The molecule has 0 unspecified atom stereocenters. The SMILES string of the molecule is C[C@H](CCC[C@@H](C)[C]=O)[C@H]1CC[C@H]2[C@@H]3[C@H](O)C[C@@H]4C[C@H](O)CC[C@]4(C)[C@H]3CC[C@]12C. The number of hydrogen-bond acceptors (Lipinski definition) is 3. The minimum atomic E-state index is -0.180. The quantitative estimate of drug-likeness (QED) is 0.597. The Kier molecular flexibility index (Phi) is 6.45. The van der Waals surface area contributed by atoms with Gasteiger partial charge in [-0.3, -0.25) is 4.79 Å². The molecule has 3 nitrogen and oxygen atoms in total. The first kappa shape index (κ1) is 22.8. The standard InChI is InChI=1S/C27H45O3/c1-17(16-28)6-5-7-18(2)21-8-9-22-25-23(11-13-27(21,22)4)26(3)12-10-20(29)14-19(26)15-24(25)30/h17-25,29-30H,5-15H2,1-4H3/t17-,18-,19+,20-,21-,22+,23+,24-,25+,26+,27-/m1/s1. The van der Waals surface area contributed by atoms with Crippen LogP contribution in [0.25, 0.3) is 0 Å². The zero-order valence-corrected chi connectivity index (χ0v) is 19.8. The molecule has 30 heavy (non-hydrogen) atoms. The first-order chi connectivity index (χ1) is 14.2. The molecule has 0 aromatic rings. The highest BCUT2D eigenvalue weighted by Crippen LogP contribution is 2.68. The van der Waals surface area contributed by atoms with Gasteiger partial charge in [-0.15, -0.1) is 0 Å². The van der Waals surface area contributed by atoms with Gasteiger partial charge in [0.05, 0.1) is 12.2 Å². The van der Waals surface area contributed by atoms with Gasteiger partial charge in [0.15, 0.2) is 0 Å². The van der Waals surface area contributed by atoms with E-state index in [4.69, 9.17) is 0 Å². The third kappa shape index (κ3) is 3.70. The fraction of sp³-hybridized carbons (Fsp3) is 0.963. The zero-order chi connectivity index (χ0) is 21.7. The van der Waals surface area contributed by atoms with E-state index in [1.165, 1.54) is 32.1 Å². The van der Waals surface area contributed by atoms with Crippen LogP contribution in [0.15, 0.2) is 0 Å². The summed E-state index contributed by atoms with van der Waals surface area (Å²) >= 11 is 0. The zero-order valence-electron chi connectivity index (χ0n) is 19.8. The second-order valence-electron chi connectivity index (χ2n) is 12.4. The molecule has 4 saturated carbocycles. The lowest BCUT2D eigenvalue weighted by molar-refractivity contribution is -0.174. The summed E-state index contributed by atoms with van der Waals surface area (Å²) in [5.74, 6) is 3.77. The van der Waals surface area contributed by atoms with Crippen LogP contribution in [0, 0.1) is 52.3 Å². The highest BCUT2D eigenvalue weighted by Gasteiger charge is 2.62. The van der Waals surface area contributed by atoms with Crippen molar-refractivity contribution in [2.24, 2.45) is 52.3 Å². The molecule has 0 saturated heterocycles. The number of rotatable bonds is 6. The Morgan fingerprint density at radius 1 is 0.933 bits per heavy atom. The van der Waals surface area contributed by atoms with Gasteiger partial charge in [-0.1, -0.05) is 40.5 Å². The van der Waals surface area contributed by atoms with Crippen molar-refractivity contribution in [3.05, 3.63) is 0 Å². The molecule has 0 heterocycles. The Labute approximate surface area is 184 Å². The highest BCUT2D eigenvalue weighted by atomic mass is 16.3. The van der Waals surface area contributed by atoms with Crippen molar-refractivity contribution in [1.29, 1.82) is 0 Å². The molecule has 1 radical (unpaired) electrons. The summed E-state index contributed by atoms with van der Waals surface area (Å²) in [6.45, 7) is 9.47. The average Bonchev–Trinajstić information content (AvgIpc) is 3.06. The maximum absolute atomic E-state index is 11.3. The molecule has 3 heteroatoms.